The van der Waals surface area contributed by atoms with Gasteiger partial charge in [-0.1, -0.05) is 12.1 Å². The van der Waals surface area contributed by atoms with Crippen molar-refractivity contribution >= 4 is 15.9 Å². The number of carbonyl (C=O) groups excluding carboxylic acids is 1. The van der Waals surface area contributed by atoms with E-state index in [2.05, 4.69) is 10.3 Å². The lowest BCUT2D eigenvalue weighted by Gasteiger charge is -2.07. The number of aromatic nitrogens is 1. The van der Waals surface area contributed by atoms with E-state index in [0.29, 0.717) is 11.3 Å². The molecule has 1 aromatic heterocycles. The van der Waals surface area contributed by atoms with Crippen LogP contribution >= 0.6 is 0 Å². The van der Waals surface area contributed by atoms with Crippen molar-refractivity contribution in [2.24, 2.45) is 10.9 Å². The van der Waals surface area contributed by atoms with Crippen LogP contribution < -0.4 is 16.2 Å². The molecule has 1 aromatic carbocycles. The normalized spacial score (nSPS) is 11.2. The maximum absolute atomic E-state index is 12.0. The number of hydrogen-bond acceptors (Lipinski definition) is 5. The predicted molar refractivity (Wildman–Crippen MR) is 81.1 cm³/mol. The predicted octanol–water partition coefficient (Wildman–Crippen LogP) is 0.118. The van der Waals surface area contributed by atoms with E-state index in [-0.39, 0.29) is 23.9 Å². The number of amides is 1. The van der Waals surface area contributed by atoms with Crippen LogP contribution in [-0.4, -0.2) is 19.3 Å². The van der Waals surface area contributed by atoms with E-state index < -0.39 is 10.0 Å². The molecule has 1 amide bonds. The van der Waals surface area contributed by atoms with Crippen LogP contribution in [-0.2, 0) is 23.1 Å². The highest BCUT2D eigenvalue weighted by molar-refractivity contribution is 7.89. The Balaban J connectivity index is 2.02. The fourth-order valence-electron chi connectivity index (χ4n) is 1.81. The van der Waals surface area contributed by atoms with Gasteiger partial charge in [0.15, 0.2) is 0 Å². The van der Waals surface area contributed by atoms with Crippen molar-refractivity contribution in [1.82, 2.24) is 10.3 Å². The van der Waals surface area contributed by atoms with Gasteiger partial charge in [-0.2, -0.15) is 0 Å². The molecule has 1 heterocycles. The van der Waals surface area contributed by atoms with Crippen LogP contribution in [0.5, 0.6) is 0 Å². The fourth-order valence-corrected chi connectivity index (χ4v) is 2.33. The summed E-state index contributed by atoms with van der Waals surface area (Å²) in [5.41, 5.74) is 7.34. The zero-order valence-electron chi connectivity index (χ0n) is 11.7. The Bertz CT molecular complexity index is 773. The summed E-state index contributed by atoms with van der Waals surface area (Å²) in [6.45, 7) is 0.528. The third kappa shape index (κ3) is 4.10. The first kappa shape index (κ1) is 16.1. The van der Waals surface area contributed by atoms with E-state index >= 15 is 0 Å². The number of nitrogens with one attached hydrogen (secondary N) is 1. The van der Waals surface area contributed by atoms with Crippen LogP contribution in [0.4, 0.5) is 0 Å². The molecule has 0 aliphatic heterocycles. The van der Waals surface area contributed by atoms with E-state index in [1.165, 1.54) is 18.3 Å². The molecule has 0 aliphatic rings. The van der Waals surface area contributed by atoms with Gasteiger partial charge in [-0.05, 0) is 29.8 Å². The van der Waals surface area contributed by atoms with E-state index in [9.17, 15) is 13.2 Å². The van der Waals surface area contributed by atoms with E-state index in [4.69, 9.17) is 10.9 Å². The third-order valence-electron chi connectivity index (χ3n) is 2.99. The van der Waals surface area contributed by atoms with Gasteiger partial charge in [0.1, 0.15) is 0 Å². The Morgan fingerprint density at radius 2 is 1.86 bits per heavy atom. The van der Waals surface area contributed by atoms with Crippen LogP contribution in [0.2, 0.25) is 0 Å². The lowest BCUT2D eigenvalue weighted by atomic mass is 10.2. The molecule has 0 aliphatic carbocycles. The Hall–Kier alpha value is -2.29. The van der Waals surface area contributed by atoms with E-state index in [1.54, 1.807) is 24.3 Å². The molecular weight excluding hydrogens is 304 g/mol. The lowest BCUT2D eigenvalue weighted by molar-refractivity contribution is 0.0950. The number of carbonyl (C=O) groups is 1. The third-order valence-corrected chi connectivity index (χ3v) is 3.92. The Morgan fingerprint density at radius 1 is 1.18 bits per heavy atom. The zero-order chi connectivity index (χ0) is 16.2. The van der Waals surface area contributed by atoms with Crippen LogP contribution in [0.1, 0.15) is 21.6 Å². The second kappa shape index (κ2) is 6.65. The summed E-state index contributed by atoms with van der Waals surface area (Å²) in [6, 6.07) is 9.21. The zero-order valence-corrected chi connectivity index (χ0v) is 12.5. The quantitative estimate of drug-likeness (QED) is 0.720. The molecule has 0 atom stereocenters. The summed E-state index contributed by atoms with van der Waals surface area (Å²) >= 11 is 0. The number of pyridine rings is 1. The van der Waals surface area contributed by atoms with Gasteiger partial charge in [-0.25, -0.2) is 13.6 Å². The molecule has 0 saturated heterocycles. The molecule has 2 rings (SSSR count). The summed E-state index contributed by atoms with van der Waals surface area (Å²) in [4.78, 5) is 16.1. The minimum Gasteiger partial charge on any atom is -0.348 e. The number of primary sulfonamides is 1. The minimum atomic E-state index is -3.71. The lowest BCUT2D eigenvalue weighted by Crippen LogP contribution is -2.23. The second-order valence-corrected chi connectivity index (χ2v) is 6.17. The SMILES string of the molecule is NCc1cc(C(=O)NCc2ccc(S(N)(=O)=O)cc2)ccn1. The minimum absolute atomic E-state index is 0.0318. The number of nitrogens with zero attached hydrogens (tertiary/aromatic N) is 1. The largest absolute Gasteiger partial charge is 0.348 e. The van der Waals surface area contributed by atoms with Crippen LogP contribution in [0.3, 0.4) is 0 Å². The molecule has 7 nitrogen and oxygen atoms in total. The molecule has 116 valence electrons. The number of nitrogens with two attached hydrogens (primary N) is 2. The van der Waals surface area contributed by atoms with Crippen molar-refractivity contribution in [2.45, 2.75) is 18.0 Å². The van der Waals surface area contributed by atoms with Crippen molar-refractivity contribution in [1.29, 1.82) is 0 Å². The van der Waals surface area contributed by atoms with Crippen LogP contribution in [0, 0.1) is 0 Å². The first-order chi connectivity index (χ1) is 10.4. The van der Waals surface area contributed by atoms with Gasteiger partial charge < -0.3 is 11.1 Å². The van der Waals surface area contributed by atoms with Crippen molar-refractivity contribution < 1.29 is 13.2 Å². The number of benzene rings is 1. The van der Waals surface area contributed by atoms with Crippen LogP contribution in [0.25, 0.3) is 0 Å². The summed E-state index contributed by atoms with van der Waals surface area (Å²) in [5.74, 6) is -0.257. The topological polar surface area (TPSA) is 128 Å². The van der Waals surface area contributed by atoms with Crippen LogP contribution in [0.15, 0.2) is 47.5 Å². The molecular formula is C14H16N4O3S. The van der Waals surface area contributed by atoms with E-state index in [1.807, 2.05) is 0 Å². The fraction of sp³-hybridized carbons (Fsp3) is 0.143. The Morgan fingerprint density at radius 3 is 2.45 bits per heavy atom. The Kier molecular flexibility index (Phi) is 4.86. The average molecular weight is 320 g/mol. The van der Waals surface area contributed by atoms with Crippen molar-refractivity contribution in [2.75, 3.05) is 0 Å². The highest BCUT2D eigenvalue weighted by Gasteiger charge is 2.08. The number of sulfonamides is 1. The summed E-state index contributed by atoms with van der Waals surface area (Å²) in [5, 5.41) is 7.76. The van der Waals surface area contributed by atoms with Crippen molar-refractivity contribution in [3.8, 4) is 0 Å². The van der Waals surface area contributed by atoms with Gasteiger partial charge in [0, 0.05) is 24.8 Å². The van der Waals surface area contributed by atoms with Gasteiger partial charge in [0.25, 0.3) is 5.91 Å². The first-order valence-electron chi connectivity index (χ1n) is 6.45. The van der Waals surface area contributed by atoms with E-state index in [0.717, 1.165) is 5.56 Å². The highest BCUT2D eigenvalue weighted by Crippen LogP contribution is 2.09. The summed E-state index contributed by atoms with van der Waals surface area (Å²) < 4.78 is 22.3. The molecule has 2 aromatic rings. The molecule has 5 N–H and O–H groups in total. The molecule has 0 unspecified atom stereocenters. The second-order valence-electron chi connectivity index (χ2n) is 4.61. The standard InChI is InChI=1S/C14H16N4O3S/c15-8-12-7-11(5-6-17-12)14(19)18-9-10-1-3-13(4-2-10)22(16,20)21/h1-7H,8-9,15H2,(H,18,19)(H2,16,20,21). The molecule has 0 saturated carbocycles. The molecule has 0 spiro atoms. The molecule has 0 bridgehead atoms. The van der Waals surface area contributed by atoms with Gasteiger partial charge in [-0.15, -0.1) is 0 Å². The number of rotatable bonds is 5. The smallest absolute Gasteiger partial charge is 0.251 e. The average Bonchev–Trinajstić information content (AvgIpc) is 2.52. The monoisotopic (exact) mass is 320 g/mol. The maximum Gasteiger partial charge on any atom is 0.251 e. The summed E-state index contributed by atoms with van der Waals surface area (Å²) in [7, 11) is -3.71. The van der Waals surface area contributed by atoms with Gasteiger partial charge >= 0.3 is 0 Å². The van der Waals surface area contributed by atoms with Crippen molar-refractivity contribution in [3.63, 3.8) is 0 Å². The number of hydrogen-bond donors (Lipinski definition) is 3. The summed E-state index contributed by atoms with van der Waals surface area (Å²) in [6.07, 6.45) is 1.53. The highest BCUT2D eigenvalue weighted by atomic mass is 32.2. The van der Waals surface area contributed by atoms with Gasteiger partial charge in [-0.3, -0.25) is 9.78 Å². The molecule has 0 fully saturated rings. The van der Waals surface area contributed by atoms with Gasteiger partial charge in [0.2, 0.25) is 10.0 Å². The molecule has 22 heavy (non-hydrogen) atoms. The molecule has 0 radical (unpaired) electrons. The maximum atomic E-state index is 12.0. The van der Waals surface area contributed by atoms with Gasteiger partial charge in [0.05, 0.1) is 10.6 Å². The molecule has 8 heteroatoms. The van der Waals surface area contributed by atoms with Crippen molar-refractivity contribution in [3.05, 3.63) is 59.4 Å². The Labute approximate surface area is 128 Å². The first-order valence-corrected chi connectivity index (χ1v) is 8.00.